The van der Waals surface area contributed by atoms with Gasteiger partial charge in [-0.2, -0.15) is 0 Å². The van der Waals surface area contributed by atoms with Gasteiger partial charge in [-0.05, 0) is 46.3 Å². The fraction of sp³-hybridized carbons (Fsp3) is 0.200. The van der Waals surface area contributed by atoms with Crippen molar-refractivity contribution in [3.63, 3.8) is 0 Å². The summed E-state index contributed by atoms with van der Waals surface area (Å²) in [6, 6.07) is 14.0. The van der Waals surface area contributed by atoms with Crippen molar-refractivity contribution in [3.05, 3.63) is 57.0 Å². The molecule has 0 saturated carbocycles. The Morgan fingerprint density at radius 3 is 2.75 bits per heavy atom. The molecular weight excluding hydrogens is 384 g/mol. The van der Waals surface area contributed by atoms with Gasteiger partial charge in [0.15, 0.2) is 0 Å². The fourth-order valence-electron chi connectivity index (χ4n) is 2.52. The lowest BCUT2D eigenvalue weighted by atomic mass is 9.92. The minimum absolute atomic E-state index is 0.0186. The lowest BCUT2D eigenvalue weighted by Gasteiger charge is -2.30. The second kappa shape index (κ2) is 5.39. The molecule has 1 heterocycles. The summed E-state index contributed by atoms with van der Waals surface area (Å²) in [6.07, 6.45) is 0. The summed E-state index contributed by atoms with van der Waals surface area (Å²) in [5, 5.41) is 16.8. The van der Waals surface area contributed by atoms with Crippen LogP contribution in [-0.4, -0.2) is 18.3 Å². The number of fused-ring (bicyclic) bond motifs is 1. The first-order chi connectivity index (χ1) is 9.64. The normalized spacial score (nSPS) is 20.4. The van der Waals surface area contributed by atoms with Gasteiger partial charge in [0.2, 0.25) is 0 Å². The van der Waals surface area contributed by atoms with Crippen molar-refractivity contribution >= 4 is 43.2 Å². The first-order valence-corrected chi connectivity index (χ1v) is 7.91. The first kappa shape index (κ1) is 13.9. The van der Waals surface area contributed by atoms with Crippen LogP contribution in [0.2, 0.25) is 0 Å². The maximum Gasteiger partial charge on any atom is 0.105 e. The van der Waals surface area contributed by atoms with Crippen LogP contribution < -0.4 is 10.6 Å². The molecule has 0 spiro atoms. The highest BCUT2D eigenvalue weighted by molar-refractivity contribution is 9.10. The number of nitrogens with one attached hydrogen (secondary N) is 2. The van der Waals surface area contributed by atoms with E-state index in [0.717, 1.165) is 25.9 Å². The van der Waals surface area contributed by atoms with Crippen LogP contribution in [0, 0.1) is 0 Å². The number of rotatable bonds is 3. The average molecular weight is 398 g/mol. The number of benzene rings is 2. The number of para-hydroxylation sites is 1. The Morgan fingerprint density at radius 1 is 1.20 bits per heavy atom. The number of aliphatic hydroxyl groups excluding tert-OH is 1. The van der Waals surface area contributed by atoms with Gasteiger partial charge >= 0.3 is 0 Å². The second-order valence-electron chi connectivity index (χ2n) is 4.89. The zero-order valence-electron chi connectivity index (χ0n) is 10.7. The molecule has 20 heavy (non-hydrogen) atoms. The van der Waals surface area contributed by atoms with E-state index >= 15 is 0 Å². The van der Waals surface area contributed by atoms with Crippen molar-refractivity contribution in [2.24, 2.45) is 0 Å². The molecule has 1 aliphatic rings. The molecule has 0 fully saturated rings. The van der Waals surface area contributed by atoms with Crippen molar-refractivity contribution in [2.45, 2.75) is 5.54 Å². The van der Waals surface area contributed by atoms with E-state index in [0.29, 0.717) is 6.54 Å². The molecule has 2 aromatic rings. The Hall–Kier alpha value is -1.04. The predicted molar refractivity (Wildman–Crippen MR) is 89.2 cm³/mol. The van der Waals surface area contributed by atoms with Crippen molar-refractivity contribution in [2.75, 3.05) is 23.8 Å². The van der Waals surface area contributed by atoms with Gasteiger partial charge in [0, 0.05) is 32.4 Å². The maximum absolute atomic E-state index is 9.97. The van der Waals surface area contributed by atoms with Crippen LogP contribution in [0.3, 0.4) is 0 Å². The van der Waals surface area contributed by atoms with Gasteiger partial charge in [-0.1, -0.05) is 28.1 Å². The first-order valence-electron chi connectivity index (χ1n) is 6.32. The minimum Gasteiger partial charge on any atom is -0.393 e. The van der Waals surface area contributed by atoms with Crippen molar-refractivity contribution in [1.82, 2.24) is 0 Å². The molecule has 0 radical (unpaired) electrons. The zero-order valence-corrected chi connectivity index (χ0v) is 13.8. The molecule has 1 atom stereocenters. The van der Waals surface area contributed by atoms with Crippen LogP contribution in [0.1, 0.15) is 5.56 Å². The molecule has 3 rings (SSSR count). The van der Waals surface area contributed by atoms with Crippen LogP contribution >= 0.6 is 31.9 Å². The molecule has 0 aromatic heterocycles. The molecule has 2 aromatic carbocycles. The summed E-state index contributed by atoms with van der Waals surface area (Å²) < 4.78 is 1.99. The summed E-state index contributed by atoms with van der Waals surface area (Å²) in [5.74, 6) is 0. The van der Waals surface area contributed by atoms with Crippen molar-refractivity contribution in [3.8, 4) is 0 Å². The topological polar surface area (TPSA) is 44.3 Å². The van der Waals surface area contributed by atoms with Crippen LogP contribution in [0.5, 0.6) is 0 Å². The van der Waals surface area contributed by atoms with Crippen LogP contribution in [0.4, 0.5) is 11.4 Å². The Bertz CT molecular complexity index is 648. The van der Waals surface area contributed by atoms with E-state index in [2.05, 4.69) is 48.6 Å². The maximum atomic E-state index is 9.97. The monoisotopic (exact) mass is 396 g/mol. The summed E-state index contributed by atoms with van der Waals surface area (Å²) in [6.45, 7) is 0.668. The molecule has 1 unspecified atom stereocenters. The highest BCUT2D eigenvalue weighted by atomic mass is 79.9. The Morgan fingerprint density at radius 2 is 2.00 bits per heavy atom. The molecule has 0 aliphatic carbocycles. The van der Waals surface area contributed by atoms with Crippen molar-refractivity contribution < 1.29 is 5.11 Å². The van der Waals surface area contributed by atoms with Crippen LogP contribution in [-0.2, 0) is 5.54 Å². The standard InChI is InChI=1S/C15H14Br2N2O/c16-10-5-6-13-11(7-10)15(9-20,8-18-13)19-14-4-2-1-3-12(14)17/h1-7,18-20H,8-9H2. The zero-order chi connectivity index (χ0) is 14.2. The molecule has 0 amide bonds. The van der Waals surface area contributed by atoms with E-state index < -0.39 is 5.54 Å². The third-order valence-electron chi connectivity index (χ3n) is 3.60. The predicted octanol–water partition coefficient (Wildman–Crippen LogP) is 3.94. The summed E-state index contributed by atoms with van der Waals surface area (Å²) in [5.41, 5.74) is 2.59. The summed E-state index contributed by atoms with van der Waals surface area (Å²) in [4.78, 5) is 0. The lowest BCUT2D eigenvalue weighted by molar-refractivity contribution is 0.224. The third-order valence-corrected chi connectivity index (χ3v) is 4.78. The second-order valence-corrected chi connectivity index (χ2v) is 6.66. The number of hydrogen-bond donors (Lipinski definition) is 3. The number of aliphatic hydroxyl groups is 1. The van der Waals surface area contributed by atoms with E-state index in [4.69, 9.17) is 0 Å². The third kappa shape index (κ3) is 2.34. The largest absolute Gasteiger partial charge is 0.393 e. The van der Waals surface area contributed by atoms with E-state index in [1.165, 1.54) is 0 Å². The quantitative estimate of drug-likeness (QED) is 0.734. The van der Waals surface area contributed by atoms with Gasteiger partial charge < -0.3 is 15.7 Å². The van der Waals surface area contributed by atoms with E-state index in [1.54, 1.807) is 0 Å². The molecular formula is C15H14Br2N2O. The molecule has 5 heteroatoms. The van der Waals surface area contributed by atoms with Crippen LogP contribution in [0.25, 0.3) is 0 Å². The van der Waals surface area contributed by atoms with Crippen molar-refractivity contribution in [1.29, 1.82) is 0 Å². The molecule has 104 valence electrons. The average Bonchev–Trinajstić information content (AvgIpc) is 2.80. The summed E-state index contributed by atoms with van der Waals surface area (Å²) >= 11 is 7.04. The van der Waals surface area contributed by atoms with Crippen LogP contribution in [0.15, 0.2) is 51.4 Å². The van der Waals surface area contributed by atoms with Gasteiger partial charge in [-0.25, -0.2) is 0 Å². The SMILES string of the molecule is OCC1(Nc2ccccc2Br)CNc2ccc(Br)cc21. The highest BCUT2D eigenvalue weighted by Gasteiger charge is 2.38. The number of anilines is 2. The van der Waals surface area contributed by atoms with Gasteiger partial charge in [0.1, 0.15) is 5.54 Å². The smallest absolute Gasteiger partial charge is 0.105 e. The molecule has 0 bridgehead atoms. The minimum atomic E-state index is -0.511. The lowest BCUT2D eigenvalue weighted by Crippen LogP contribution is -2.41. The van der Waals surface area contributed by atoms with Gasteiger partial charge in [-0.15, -0.1) is 0 Å². The van der Waals surface area contributed by atoms with Gasteiger partial charge in [-0.3, -0.25) is 0 Å². The van der Waals surface area contributed by atoms with E-state index in [1.807, 2.05) is 36.4 Å². The van der Waals surface area contributed by atoms with E-state index in [-0.39, 0.29) is 6.61 Å². The summed E-state index contributed by atoms with van der Waals surface area (Å²) in [7, 11) is 0. The number of hydrogen-bond acceptors (Lipinski definition) is 3. The molecule has 1 aliphatic heterocycles. The molecule has 3 N–H and O–H groups in total. The Kier molecular flexibility index (Phi) is 3.75. The fourth-order valence-corrected chi connectivity index (χ4v) is 3.27. The number of halogens is 2. The Labute approximate surface area is 134 Å². The molecule has 0 saturated heterocycles. The van der Waals surface area contributed by atoms with Gasteiger partial charge in [0.25, 0.3) is 0 Å². The molecule has 3 nitrogen and oxygen atoms in total. The highest BCUT2D eigenvalue weighted by Crippen LogP contribution is 2.40. The Balaban J connectivity index is 2.03. The van der Waals surface area contributed by atoms with Gasteiger partial charge in [0.05, 0.1) is 6.61 Å². The van der Waals surface area contributed by atoms with E-state index in [9.17, 15) is 5.11 Å².